The van der Waals surface area contributed by atoms with Crippen LogP contribution in [-0.4, -0.2) is 30.3 Å². The summed E-state index contributed by atoms with van der Waals surface area (Å²) in [4.78, 5) is 11.2. The molecule has 0 radical (unpaired) electrons. The Kier molecular flexibility index (Phi) is 2.83. The summed E-state index contributed by atoms with van der Waals surface area (Å²) in [6.07, 6.45) is 1.60. The standard InChI is InChI=1S/C11H10N4O/c12-7-9-1-3-10(4-2-9)8-14-15-6-5-13-11(15)16/h1-4,8H,5-6H2,(H,13,16). The van der Waals surface area contributed by atoms with Crippen LogP contribution >= 0.6 is 0 Å². The third-order valence-corrected chi connectivity index (χ3v) is 2.22. The fraction of sp³-hybridized carbons (Fsp3) is 0.182. The molecule has 1 saturated heterocycles. The van der Waals surface area contributed by atoms with Crippen molar-refractivity contribution in [2.45, 2.75) is 0 Å². The Bertz CT molecular complexity index is 458. The van der Waals surface area contributed by atoms with E-state index in [2.05, 4.69) is 10.4 Å². The number of urea groups is 1. The summed E-state index contributed by atoms with van der Waals surface area (Å²) in [5, 5.41) is 16.7. The molecule has 0 unspecified atom stereocenters. The monoisotopic (exact) mass is 214 g/mol. The third-order valence-electron chi connectivity index (χ3n) is 2.22. The number of carbonyl (C=O) groups is 1. The highest BCUT2D eigenvalue weighted by atomic mass is 16.2. The Morgan fingerprint density at radius 3 is 2.75 bits per heavy atom. The maximum Gasteiger partial charge on any atom is 0.337 e. The Labute approximate surface area is 93.0 Å². The van der Waals surface area contributed by atoms with E-state index in [1.54, 1.807) is 30.5 Å². The van der Waals surface area contributed by atoms with Gasteiger partial charge in [0.2, 0.25) is 0 Å². The molecule has 0 bridgehead atoms. The van der Waals surface area contributed by atoms with Gasteiger partial charge in [0.05, 0.1) is 24.4 Å². The first-order valence-electron chi connectivity index (χ1n) is 4.89. The van der Waals surface area contributed by atoms with Crippen molar-refractivity contribution < 1.29 is 4.79 Å². The number of carbonyl (C=O) groups excluding carboxylic acids is 1. The predicted molar refractivity (Wildman–Crippen MR) is 58.9 cm³/mol. The minimum Gasteiger partial charge on any atom is -0.335 e. The van der Waals surface area contributed by atoms with E-state index in [0.717, 1.165) is 5.56 Å². The zero-order valence-corrected chi connectivity index (χ0v) is 8.55. The Balaban J connectivity index is 2.06. The maximum absolute atomic E-state index is 11.2. The fourth-order valence-corrected chi connectivity index (χ4v) is 1.35. The van der Waals surface area contributed by atoms with Crippen molar-refractivity contribution >= 4 is 12.2 Å². The van der Waals surface area contributed by atoms with Gasteiger partial charge in [-0.1, -0.05) is 12.1 Å². The number of nitriles is 1. The fourth-order valence-electron chi connectivity index (χ4n) is 1.35. The van der Waals surface area contributed by atoms with Crippen LogP contribution in [0.25, 0.3) is 0 Å². The summed E-state index contributed by atoms with van der Waals surface area (Å²) >= 11 is 0. The number of hydrogen-bond donors (Lipinski definition) is 1. The quantitative estimate of drug-likeness (QED) is 0.743. The van der Waals surface area contributed by atoms with E-state index < -0.39 is 0 Å². The minimum atomic E-state index is -0.176. The molecule has 0 spiro atoms. The molecule has 1 aromatic carbocycles. The zero-order chi connectivity index (χ0) is 11.4. The maximum atomic E-state index is 11.2. The lowest BCUT2D eigenvalue weighted by Crippen LogP contribution is -2.23. The van der Waals surface area contributed by atoms with E-state index in [9.17, 15) is 4.79 Å². The summed E-state index contributed by atoms with van der Waals surface area (Å²) in [5.74, 6) is 0. The van der Waals surface area contributed by atoms with Gasteiger partial charge in [-0.2, -0.15) is 10.4 Å². The SMILES string of the molecule is N#Cc1ccc(C=NN2CCNC2=O)cc1. The van der Waals surface area contributed by atoms with E-state index in [-0.39, 0.29) is 6.03 Å². The summed E-state index contributed by atoms with van der Waals surface area (Å²) in [7, 11) is 0. The molecule has 1 heterocycles. The van der Waals surface area contributed by atoms with Crippen LogP contribution in [0.4, 0.5) is 4.79 Å². The van der Waals surface area contributed by atoms with E-state index in [1.165, 1.54) is 5.01 Å². The van der Waals surface area contributed by atoms with Crippen LogP contribution in [0, 0.1) is 11.3 Å². The second kappa shape index (κ2) is 4.45. The summed E-state index contributed by atoms with van der Waals surface area (Å²) < 4.78 is 0. The first kappa shape index (κ1) is 10.2. The predicted octanol–water partition coefficient (Wildman–Crippen LogP) is 0.917. The van der Waals surface area contributed by atoms with E-state index >= 15 is 0 Å². The molecule has 1 aliphatic rings. The van der Waals surface area contributed by atoms with Crippen molar-refractivity contribution in [1.29, 1.82) is 5.26 Å². The lowest BCUT2D eigenvalue weighted by Gasteiger charge is -2.04. The minimum absolute atomic E-state index is 0.176. The Morgan fingerprint density at radius 1 is 1.44 bits per heavy atom. The highest BCUT2D eigenvalue weighted by Gasteiger charge is 2.17. The Hall–Kier alpha value is -2.35. The van der Waals surface area contributed by atoms with Crippen LogP contribution in [0.15, 0.2) is 29.4 Å². The molecular formula is C11H10N4O. The van der Waals surface area contributed by atoms with Crippen molar-refractivity contribution in [2.24, 2.45) is 5.10 Å². The van der Waals surface area contributed by atoms with Gasteiger partial charge in [-0.25, -0.2) is 9.80 Å². The average molecular weight is 214 g/mol. The first-order chi connectivity index (χ1) is 7.79. The van der Waals surface area contributed by atoms with Crippen LogP contribution in [-0.2, 0) is 0 Å². The number of nitrogens with one attached hydrogen (secondary N) is 1. The largest absolute Gasteiger partial charge is 0.337 e. The van der Waals surface area contributed by atoms with Crippen LogP contribution in [0.3, 0.4) is 0 Å². The van der Waals surface area contributed by atoms with Gasteiger partial charge in [-0.15, -0.1) is 0 Å². The number of amides is 2. The lowest BCUT2D eigenvalue weighted by atomic mass is 10.2. The number of rotatable bonds is 2. The summed E-state index contributed by atoms with van der Waals surface area (Å²) in [6, 6.07) is 8.87. The zero-order valence-electron chi connectivity index (χ0n) is 8.55. The van der Waals surface area contributed by atoms with Gasteiger partial charge in [0.1, 0.15) is 0 Å². The first-order valence-corrected chi connectivity index (χ1v) is 4.89. The smallest absolute Gasteiger partial charge is 0.335 e. The molecule has 2 amide bonds. The molecule has 5 nitrogen and oxygen atoms in total. The second-order valence-corrected chi connectivity index (χ2v) is 3.33. The molecule has 16 heavy (non-hydrogen) atoms. The molecule has 0 saturated carbocycles. The molecule has 1 N–H and O–H groups in total. The number of hydrogen-bond acceptors (Lipinski definition) is 3. The Morgan fingerprint density at radius 2 is 2.19 bits per heavy atom. The molecule has 1 aromatic rings. The number of benzene rings is 1. The van der Waals surface area contributed by atoms with Gasteiger partial charge in [0, 0.05) is 6.54 Å². The van der Waals surface area contributed by atoms with Gasteiger partial charge in [-0.3, -0.25) is 0 Å². The van der Waals surface area contributed by atoms with Gasteiger partial charge < -0.3 is 5.32 Å². The van der Waals surface area contributed by atoms with Crippen molar-refractivity contribution in [2.75, 3.05) is 13.1 Å². The van der Waals surface area contributed by atoms with Gasteiger partial charge in [0.15, 0.2) is 0 Å². The molecule has 1 aliphatic heterocycles. The normalized spacial score (nSPS) is 15.2. The van der Waals surface area contributed by atoms with E-state index in [0.29, 0.717) is 18.7 Å². The molecule has 0 aliphatic carbocycles. The molecule has 2 rings (SSSR count). The summed E-state index contributed by atoms with van der Waals surface area (Å²) in [5.41, 5.74) is 1.47. The highest BCUT2D eigenvalue weighted by Crippen LogP contribution is 2.02. The van der Waals surface area contributed by atoms with Crippen molar-refractivity contribution in [3.05, 3.63) is 35.4 Å². The van der Waals surface area contributed by atoms with E-state index in [1.807, 2.05) is 6.07 Å². The average Bonchev–Trinajstić information content (AvgIpc) is 2.73. The molecule has 0 aromatic heterocycles. The number of hydrazone groups is 1. The number of nitrogens with zero attached hydrogens (tertiary/aromatic N) is 3. The van der Waals surface area contributed by atoms with Gasteiger partial charge in [-0.05, 0) is 17.7 Å². The summed E-state index contributed by atoms with van der Waals surface area (Å²) in [6.45, 7) is 1.22. The van der Waals surface area contributed by atoms with Crippen molar-refractivity contribution in [3.8, 4) is 6.07 Å². The van der Waals surface area contributed by atoms with Gasteiger partial charge in [0.25, 0.3) is 0 Å². The topological polar surface area (TPSA) is 68.5 Å². The van der Waals surface area contributed by atoms with Crippen molar-refractivity contribution in [3.63, 3.8) is 0 Å². The second-order valence-electron chi connectivity index (χ2n) is 3.33. The molecule has 0 atom stereocenters. The van der Waals surface area contributed by atoms with Crippen LogP contribution < -0.4 is 5.32 Å². The molecular weight excluding hydrogens is 204 g/mol. The van der Waals surface area contributed by atoms with Crippen molar-refractivity contribution in [1.82, 2.24) is 10.3 Å². The molecule has 80 valence electrons. The third kappa shape index (κ3) is 2.17. The van der Waals surface area contributed by atoms with Crippen LogP contribution in [0.1, 0.15) is 11.1 Å². The molecule has 5 heteroatoms. The van der Waals surface area contributed by atoms with Crippen LogP contribution in [0.5, 0.6) is 0 Å². The lowest BCUT2D eigenvalue weighted by molar-refractivity contribution is 0.219. The van der Waals surface area contributed by atoms with Crippen LogP contribution in [0.2, 0.25) is 0 Å². The molecule has 1 fully saturated rings. The van der Waals surface area contributed by atoms with E-state index in [4.69, 9.17) is 5.26 Å². The highest BCUT2D eigenvalue weighted by molar-refractivity contribution is 5.82. The van der Waals surface area contributed by atoms with Gasteiger partial charge >= 0.3 is 6.03 Å².